The lowest BCUT2D eigenvalue weighted by molar-refractivity contribution is -0.252. The van der Waals surface area contributed by atoms with Crippen molar-refractivity contribution < 1.29 is 19.1 Å². The molecular weight excluding hydrogens is 448 g/mol. The Morgan fingerprint density at radius 3 is 2.14 bits per heavy atom. The number of carbonyl (C=O) groups is 2. The van der Waals surface area contributed by atoms with E-state index in [-0.39, 0.29) is 28.9 Å². The molecule has 204 valence electrons. The molecule has 0 aromatic carbocycles. The monoisotopic (exact) mass is 500 g/mol. The Kier molecular flexibility index (Phi) is 6.24. The summed E-state index contributed by atoms with van der Waals surface area (Å²) in [6.45, 7) is 19.0. The summed E-state index contributed by atoms with van der Waals surface area (Å²) in [6, 6.07) is 0. The van der Waals surface area contributed by atoms with Crippen molar-refractivity contribution in [2.45, 2.75) is 126 Å². The van der Waals surface area contributed by atoms with Gasteiger partial charge in [-0.3, -0.25) is 9.59 Å². The highest BCUT2D eigenvalue weighted by Crippen LogP contribution is 2.77. The second-order valence-electron chi connectivity index (χ2n) is 15.3. The lowest BCUT2D eigenvalue weighted by atomic mass is 9.32. The highest BCUT2D eigenvalue weighted by atomic mass is 16.5. The van der Waals surface area contributed by atoms with E-state index in [1.807, 2.05) is 0 Å². The van der Waals surface area contributed by atoms with Crippen molar-refractivity contribution in [3.8, 4) is 0 Å². The van der Waals surface area contributed by atoms with Gasteiger partial charge in [0.2, 0.25) is 0 Å². The van der Waals surface area contributed by atoms with Gasteiger partial charge < -0.3 is 9.47 Å². The van der Waals surface area contributed by atoms with Crippen LogP contribution in [0.15, 0.2) is 0 Å². The standard InChI is InChI=1S/C32H52O4/c1-20-11-16-32(19-35-21(2)33)18-17-30(7)23(27(20)32)9-10-25-29(6)14-13-26(36-22(3)34)28(4,5)24(29)12-15-31(25,30)8/h20,23-27H,9-19H2,1-8H3/t20-,23-,24?,25?,26+,27-,29+,30-,31-,32-/m1/s1. The Morgan fingerprint density at radius 1 is 0.750 bits per heavy atom. The molecule has 5 fully saturated rings. The summed E-state index contributed by atoms with van der Waals surface area (Å²) in [4.78, 5) is 23.7. The van der Waals surface area contributed by atoms with Crippen molar-refractivity contribution in [3.63, 3.8) is 0 Å². The lowest BCUT2D eigenvalue weighted by Crippen LogP contribution is -2.67. The zero-order valence-electron chi connectivity index (χ0n) is 24.4. The van der Waals surface area contributed by atoms with Crippen molar-refractivity contribution in [2.24, 2.45) is 56.7 Å². The van der Waals surface area contributed by atoms with E-state index >= 15 is 0 Å². The predicted molar refractivity (Wildman–Crippen MR) is 142 cm³/mol. The van der Waals surface area contributed by atoms with Crippen LogP contribution in [0.2, 0.25) is 0 Å². The maximum atomic E-state index is 11.9. The van der Waals surface area contributed by atoms with Crippen LogP contribution in [0.1, 0.15) is 120 Å². The average Bonchev–Trinajstić information content (AvgIpc) is 3.12. The molecular formula is C32H52O4. The van der Waals surface area contributed by atoms with Crippen LogP contribution in [0.5, 0.6) is 0 Å². The fourth-order valence-corrected chi connectivity index (χ4v) is 12.0. The van der Waals surface area contributed by atoms with Crippen molar-refractivity contribution in [3.05, 3.63) is 0 Å². The van der Waals surface area contributed by atoms with Crippen molar-refractivity contribution >= 4 is 11.9 Å². The van der Waals surface area contributed by atoms with Gasteiger partial charge in [-0.2, -0.15) is 0 Å². The van der Waals surface area contributed by atoms with E-state index in [9.17, 15) is 9.59 Å². The molecule has 0 radical (unpaired) electrons. The number of hydrogen-bond acceptors (Lipinski definition) is 4. The summed E-state index contributed by atoms with van der Waals surface area (Å²) in [5.41, 5.74) is 1.19. The number of fused-ring (bicyclic) bond motifs is 7. The predicted octanol–water partition coefficient (Wildman–Crippen LogP) is 7.58. The Bertz CT molecular complexity index is 910. The Hall–Kier alpha value is -1.06. The van der Waals surface area contributed by atoms with Crippen LogP contribution in [0.3, 0.4) is 0 Å². The van der Waals surface area contributed by atoms with E-state index in [1.54, 1.807) is 13.8 Å². The smallest absolute Gasteiger partial charge is 0.302 e. The molecule has 5 saturated carbocycles. The quantitative estimate of drug-likeness (QED) is 0.375. The number of rotatable bonds is 3. The van der Waals surface area contributed by atoms with E-state index in [0.717, 1.165) is 24.2 Å². The van der Waals surface area contributed by atoms with Gasteiger partial charge in [0.25, 0.3) is 0 Å². The maximum absolute atomic E-state index is 11.9. The van der Waals surface area contributed by atoms with Crippen LogP contribution < -0.4 is 0 Å². The lowest BCUT2D eigenvalue weighted by Gasteiger charge is -2.73. The van der Waals surface area contributed by atoms with Gasteiger partial charge in [0.05, 0.1) is 6.61 Å². The topological polar surface area (TPSA) is 52.6 Å². The van der Waals surface area contributed by atoms with Gasteiger partial charge in [0.15, 0.2) is 0 Å². The minimum atomic E-state index is -0.129. The summed E-state index contributed by atoms with van der Waals surface area (Å²) < 4.78 is 11.7. The van der Waals surface area contributed by atoms with E-state index in [2.05, 4.69) is 41.5 Å². The molecule has 4 nitrogen and oxygen atoms in total. The molecule has 0 heterocycles. The van der Waals surface area contributed by atoms with Gasteiger partial charge in [0, 0.05) is 24.7 Å². The van der Waals surface area contributed by atoms with Gasteiger partial charge >= 0.3 is 11.9 Å². The first-order valence-corrected chi connectivity index (χ1v) is 15.0. The van der Waals surface area contributed by atoms with E-state index < -0.39 is 0 Å². The van der Waals surface area contributed by atoms with E-state index in [4.69, 9.17) is 9.47 Å². The third kappa shape index (κ3) is 3.50. The summed E-state index contributed by atoms with van der Waals surface area (Å²) in [7, 11) is 0. The summed E-state index contributed by atoms with van der Waals surface area (Å²) in [5, 5.41) is 0. The Labute approximate surface area is 220 Å². The van der Waals surface area contributed by atoms with Gasteiger partial charge in [-0.05, 0) is 110 Å². The summed E-state index contributed by atoms with van der Waals surface area (Å²) >= 11 is 0. The van der Waals surface area contributed by atoms with Crippen LogP contribution in [-0.2, 0) is 19.1 Å². The van der Waals surface area contributed by atoms with E-state index in [1.165, 1.54) is 57.8 Å². The number of carbonyl (C=O) groups excluding carboxylic acids is 2. The first-order valence-electron chi connectivity index (χ1n) is 15.0. The number of hydrogen-bond donors (Lipinski definition) is 0. The molecule has 2 unspecified atom stereocenters. The van der Waals surface area contributed by atoms with Gasteiger partial charge in [-0.15, -0.1) is 0 Å². The Morgan fingerprint density at radius 2 is 1.47 bits per heavy atom. The van der Waals surface area contributed by atoms with Crippen LogP contribution in [0, 0.1) is 56.7 Å². The van der Waals surface area contributed by atoms with E-state index in [0.29, 0.717) is 34.7 Å². The Balaban J connectivity index is 1.47. The fraction of sp³-hybridized carbons (Fsp3) is 0.938. The normalized spacial score (nSPS) is 51.2. The largest absolute Gasteiger partial charge is 0.465 e. The van der Waals surface area contributed by atoms with Crippen molar-refractivity contribution in [1.29, 1.82) is 0 Å². The zero-order chi connectivity index (χ0) is 26.3. The molecule has 10 atom stereocenters. The molecule has 36 heavy (non-hydrogen) atoms. The molecule has 0 aromatic rings. The third-order valence-electron chi connectivity index (χ3n) is 13.7. The molecule has 0 N–H and O–H groups in total. The highest BCUT2D eigenvalue weighted by Gasteiger charge is 2.70. The van der Waals surface area contributed by atoms with Crippen LogP contribution in [-0.4, -0.2) is 24.6 Å². The summed E-state index contributed by atoms with van der Waals surface area (Å²) in [5.74, 6) is 3.19. The van der Waals surface area contributed by atoms with Crippen molar-refractivity contribution in [2.75, 3.05) is 6.61 Å². The SMILES string of the molecule is CC(=O)OC[C@]12CC[C@@H](C)[C@@H]1[C@H]1CCC3[C@@]4(C)CC[C@H](OC(C)=O)C(C)(C)C4CC[C@@]3(C)[C@]1(C)CC2. The van der Waals surface area contributed by atoms with Crippen LogP contribution in [0.25, 0.3) is 0 Å². The van der Waals surface area contributed by atoms with Gasteiger partial charge in [-0.1, -0.05) is 41.5 Å². The summed E-state index contributed by atoms with van der Waals surface area (Å²) in [6.07, 6.45) is 12.4. The van der Waals surface area contributed by atoms with Crippen LogP contribution in [0.4, 0.5) is 0 Å². The van der Waals surface area contributed by atoms with Crippen molar-refractivity contribution in [1.82, 2.24) is 0 Å². The van der Waals surface area contributed by atoms with Gasteiger partial charge in [-0.25, -0.2) is 0 Å². The highest BCUT2D eigenvalue weighted by molar-refractivity contribution is 5.66. The molecule has 0 aromatic heterocycles. The molecule has 0 spiro atoms. The molecule has 0 aliphatic heterocycles. The molecule has 5 aliphatic carbocycles. The molecule has 5 aliphatic rings. The molecule has 5 rings (SSSR count). The zero-order valence-corrected chi connectivity index (χ0v) is 24.4. The van der Waals surface area contributed by atoms with Crippen LogP contribution >= 0.6 is 0 Å². The molecule has 4 heteroatoms. The fourth-order valence-electron chi connectivity index (χ4n) is 12.0. The molecule has 0 bridgehead atoms. The second kappa shape index (κ2) is 8.47. The number of ether oxygens (including phenoxy) is 2. The average molecular weight is 501 g/mol. The third-order valence-corrected chi connectivity index (χ3v) is 13.7. The maximum Gasteiger partial charge on any atom is 0.302 e. The minimum Gasteiger partial charge on any atom is -0.465 e. The van der Waals surface area contributed by atoms with Gasteiger partial charge in [0.1, 0.15) is 6.10 Å². The first kappa shape index (κ1) is 26.5. The molecule has 0 amide bonds. The molecule has 0 saturated heterocycles. The minimum absolute atomic E-state index is 0.0173. The first-order chi connectivity index (χ1) is 16.7. The second-order valence-corrected chi connectivity index (χ2v) is 15.3. The number of esters is 2.